The first-order valence-corrected chi connectivity index (χ1v) is 6.75. The van der Waals surface area contributed by atoms with Gasteiger partial charge in [-0.2, -0.15) is 0 Å². The van der Waals surface area contributed by atoms with Crippen molar-refractivity contribution in [3.05, 3.63) is 0 Å². The van der Waals surface area contributed by atoms with Gasteiger partial charge in [0.2, 0.25) is 0 Å². The van der Waals surface area contributed by atoms with Gasteiger partial charge >= 0.3 is 0 Å². The Morgan fingerprint density at radius 1 is 1.38 bits per heavy atom. The molecule has 1 N–H and O–H groups in total. The highest BCUT2D eigenvalue weighted by Crippen LogP contribution is 2.10. The lowest BCUT2D eigenvalue weighted by Gasteiger charge is -2.30. The van der Waals surface area contributed by atoms with E-state index in [1.165, 1.54) is 38.9 Å². The van der Waals surface area contributed by atoms with Gasteiger partial charge in [0.15, 0.2) is 0 Å². The summed E-state index contributed by atoms with van der Waals surface area (Å²) in [5.74, 6) is 0. The molecule has 3 heteroatoms. The third-order valence-corrected chi connectivity index (χ3v) is 3.59. The van der Waals surface area contributed by atoms with Crippen molar-refractivity contribution in [1.29, 1.82) is 0 Å². The molecule has 0 spiro atoms. The minimum atomic E-state index is 0.668. The van der Waals surface area contributed by atoms with Gasteiger partial charge < -0.3 is 10.2 Å². The summed E-state index contributed by atoms with van der Waals surface area (Å²) in [5, 5.41) is 3.58. The van der Waals surface area contributed by atoms with E-state index >= 15 is 0 Å². The van der Waals surface area contributed by atoms with Gasteiger partial charge in [-0.3, -0.25) is 4.90 Å². The molecule has 0 aromatic carbocycles. The Kier molecular flexibility index (Phi) is 6.32. The summed E-state index contributed by atoms with van der Waals surface area (Å²) >= 11 is 0. The molecule has 0 amide bonds. The Balaban J connectivity index is 2.24. The van der Waals surface area contributed by atoms with Gasteiger partial charge in [0.25, 0.3) is 0 Å². The molecule has 1 heterocycles. The van der Waals surface area contributed by atoms with E-state index in [1.54, 1.807) is 0 Å². The number of rotatable bonds is 7. The summed E-state index contributed by atoms with van der Waals surface area (Å²) in [4.78, 5) is 4.88. The van der Waals surface area contributed by atoms with Gasteiger partial charge in [-0.1, -0.05) is 6.92 Å². The van der Waals surface area contributed by atoms with Crippen LogP contribution in [0.25, 0.3) is 0 Å². The lowest BCUT2D eigenvalue weighted by molar-refractivity contribution is 0.175. The summed E-state index contributed by atoms with van der Waals surface area (Å²) in [7, 11) is 4.31. The Labute approximate surface area is 101 Å². The first kappa shape index (κ1) is 13.9. The quantitative estimate of drug-likeness (QED) is 0.709. The van der Waals surface area contributed by atoms with E-state index < -0.39 is 0 Å². The third-order valence-electron chi connectivity index (χ3n) is 3.59. The fourth-order valence-corrected chi connectivity index (χ4v) is 2.66. The zero-order valence-electron chi connectivity index (χ0n) is 11.5. The molecule has 1 aliphatic heterocycles. The van der Waals surface area contributed by atoms with Crippen LogP contribution in [0.15, 0.2) is 0 Å². The molecule has 0 saturated carbocycles. The molecule has 0 bridgehead atoms. The van der Waals surface area contributed by atoms with E-state index in [9.17, 15) is 0 Å². The summed E-state index contributed by atoms with van der Waals surface area (Å²) in [5.41, 5.74) is 0. The molecule has 1 saturated heterocycles. The van der Waals surface area contributed by atoms with Gasteiger partial charge in [-0.25, -0.2) is 0 Å². The van der Waals surface area contributed by atoms with Crippen molar-refractivity contribution in [1.82, 2.24) is 15.1 Å². The molecule has 3 nitrogen and oxygen atoms in total. The van der Waals surface area contributed by atoms with Crippen LogP contribution in [-0.4, -0.2) is 62.2 Å². The molecule has 0 aromatic heterocycles. The average Bonchev–Trinajstić information content (AvgIpc) is 2.70. The van der Waals surface area contributed by atoms with Gasteiger partial charge in [-0.05, 0) is 59.9 Å². The predicted molar refractivity (Wildman–Crippen MR) is 70.9 cm³/mol. The molecular formula is C13H29N3. The van der Waals surface area contributed by atoms with Crippen LogP contribution in [0.5, 0.6) is 0 Å². The molecule has 1 aliphatic rings. The van der Waals surface area contributed by atoms with Crippen molar-refractivity contribution in [3.63, 3.8) is 0 Å². The second-order valence-electron chi connectivity index (χ2n) is 5.32. The molecule has 2 atom stereocenters. The maximum atomic E-state index is 3.58. The maximum absolute atomic E-state index is 3.58. The lowest BCUT2D eigenvalue weighted by atomic mass is 10.1. The van der Waals surface area contributed by atoms with Gasteiger partial charge in [-0.15, -0.1) is 0 Å². The van der Waals surface area contributed by atoms with Crippen LogP contribution in [0.2, 0.25) is 0 Å². The smallest absolute Gasteiger partial charge is 0.0194 e. The van der Waals surface area contributed by atoms with Crippen molar-refractivity contribution < 1.29 is 0 Å². The zero-order chi connectivity index (χ0) is 12.0. The molecule has 0 aromatic rings. The van der Waals surface area contributed by atoms with Crippen molar-refractivity contribution in [3.8, 4) is 0 Å². The van der Waals surface area contributed by atoms with Gasteiger partial charge in [0.05, 0.1) is 0 Å². The molecule has 2 unspecified atom stereocenters. The van der Waals surface area contributed by atoms with Crippen molar-refractivity contribution in [2.45, 2.75) is 45.2 Å². The first-order valence-electron chi connectivity index (χ1n) is 6.75. The van der Waals surface area contributed by atoms with E-state index in [4.69, 9.17) is 0 Å². The lowest BCUT2D eigenvalue weighted by Crippen LogP contribution is -2.41. The van der Waals surface area contributed by atoms with Gasteiger partial charge in [0, 0.05) is 18.6 Å². The van der Waals surface area contributed by atoms with Crippen molar-refractivity contribution in [2.75, 3.05) is 40.3 Å². The standard InChI is InChI=1S/C13H29N3/c1-5-16(12(2)11-15(3)4)10-8-13-7-6-9-14-13/h12-14H,5-11H2,1-4H3. The molecule has 0 radical (unpaired) electrons. The zero-order valence-corrected chi connectivity index (χ0v) is 11.5. The highest BCUT2D eigenvalue weighted by atomic mass is 15.2. The Bertz CT molecular complexity index is 176. The van der Waals surface area contributed by atoms with Crippen LogP contribution in [0.1, 0.15) is 33.1 Å². The van der Waals surface area contributed by atoms with Crippen LogP contribution in [0, 0.1) is 0 Å². The fraction of sp³-hybridized carbons (Fsp3) is 1.00. The number of hydrogen-bond donors (Lipinski definition) is 1. The number of hydrogen-bond acceptors (Lipinski definition) is 3. The van der Waals surface area contributed by atoms with Crippen LogP contribution < -0.4 is 5.32 Å². The average molecular weight is 227 g/mol. The summed E-state index contributed by atoms with van der Waals surface area (Å²) < 4.78 is 0. The molecule has 1 rings (SSSR count). The van der Waals surface area contributed by atoms with Crippen LogP contribution >= 0.6 is 0 Å². The van der Waals surface area contributed by atoms with E-state index in [1.807, 2.05) is 0 Å². The molecular weight excluding hydrogens is 198 g/mol. The van der Waals surface area contributed by atoms with Gasteiger partial charge in [0.1, 0.15) is 0 Å². The van der Waals surface area contributed by atoms with E-state index in [-0.39, 0.29) is 0 Å². The topological polar surface area (TPSA) is 18.5 Å². The predicted octanol–water partition coefficient (Wildman–Crippen LogP) is 1.40. The molecule has 16 heavy (non-hydrogen) atoms. The number of likely N-dealkylation sites (N-methyl/N-ethyl adjacent to an activating group) is 2. The SMILES string of the molecule is CCN(CCC1CCCN1)C(C)CN(C)C. The fourth-order valence-electron chi connectivity index (χ4n) is 2.66. The monoisotopic (exact) mass is 227 g/mol. The summed E-state index contributed by atoms with van der Waals surface area (Å²) in [6.07, 6.45) is 4.05. The molecule has 0 aliphatic carbocycles. The van der Waals surface area contributed by atoms with Crippen molar-refractivity contribution >= 4 is 0 Å². The minimum Gasteiger partial charge on any atom is -0.314 e. The summed E-state index contributed by atoms with van der Waals surface area (Å²) in [6.45, 7) is 9.40. The normalized spacial score (nSPS) is 23.2. The highest BCUT2D eigenvalue weighted by Gasteiger charge is 2.17. The Hall–Kier alpha value is -0.120. The third kappa shape index (κ3) is 4.81. The van der Waals surface area contributed by atoms with E-state index in [0.29, 0.717) is 6.04 Å². The van der Waals surface area contributed by atoms with Crippen molar-refractivity contribution in [2.24, 2.45) is 0 Å². The molecule has 96 valence electrons. The second kappa shape index (κ2) is 7.25. The number of nitrogens with zero attached hydrogens (tertiary/aromatic N) is 2. The van der Waals surface area contributed by atoms with Crippen LogP contribution in [-0.2, 0) is 0 Å². The summed E-state index contributed by atoms with van der Waals surface area (Å²) in [6, 6.07) is 1.45. The van der Waals surface area contributed by atoms with Crippen LogP contribution in [0.4, 0.5) is 0 Å². The van der Waals surface area contributed by atoms with Crippen LogP contribution in [0.3, 0.4) is 0 Å². The van der Waals surface area contributed by atoms with E-state index in [0.717, 1.165) is 12.6 Å². The number of nitrogens with one attached hydrogen (secondary N) is 1. The maximum Gasteiger partial charge on any atom is 0.0194 e. The second-order valence-corrected chi connectivity index (χ2v) is 5.32. The van der Waals surface area contributed by atoms with E-state index in [2.05, 4.69) is 43.1 Å². The Morgan fingerprint density at radius 2 is 2.12 bits per heavy atom. The largest absolute Gasteiger partial charge is 0.314 e. The minimum absolute atomic E-state index is 0.668. The molecule has 1 fully saturated rings. The highest BCUT2D eigenvalue weighted by molar-refractivity contribution is 4.77. The first-order chi connectivity index (χ1) is 7.63. The Morgan fingerprint density at radius 3 is 2.62 bits per heavy atom.